The van der Waals surface area contributed by atoms with Crippen molar-refractivity contribution in [3.8, 4) is 5.75 Å². The number of hydrogen-bond acceptors (Lipinski definition) is 12. The number of aliphatic hydroxyl groups excluding tert-OH is 2. The van der Waals surface area contributed by atoms with Gasteiger partial charge in [0.15, 0.2) is 17.7 Å². The van der Waals surface area contributed by atoms with Crippen LogP contribution in [0.3, 0.4) is 0 Å². The minimum atomic E-state index is -4.22. The number of nitrogens with zero attached hydrogens (tertiary/aromatic N) is 4. The number of esters is 1. The molecule has 1 unspecified atom stereocenters. The number of rotatable bonds is 10. The summed E-state index contributed by atoms with van der Waals surface area (Å²) < 4.78 is 37.1. The molecule has 0 aliphatic carbocycles. The minimum absolute atomic E-state index is 0.145. The zero-order valence-corrected chi connectivity index (χ0v) is 21.3. The number of carbonyl (C=O) groups excluding carboxylic acids is 1. The molecule has 14 nitrogen and oxygen atoms in total. The second-order valence-corrected chi connectivity index (χ2v) is 10.4. The summed E-state index contributed by atoms with van der Waals surface area (Å²) in [5, 5.41) is 24.0. The topological polar surface area (TPSA) is 193 Å². The molecule has 0 saturated carbocycles. The van der Waals surface area contributed by atoms with Crippen LogP contribution in [0.2, 0.25) is 0 Å². The number of carbonyl (C=O) groups is 1. The number of benzene rings is 1. The number of para-hydroxylation sites is 1. The van der Waals surface area contributed by atoms with Gasteiger partial charge in [0.1, 0.15) is 41.9 Å². The van der Waals surface area contributed by atoms with Crippen molar-refractivity contribution in [2.24, 2.45) is 5.92 Å². The highest BCUT2D eigenvalue weighted by atomic mass is 31.2. The number of nitrogen functional groups attached to an aromatic ring is 1. The standard InChI is InChI=1S/C22H29N6O8P/c1-12(2)15(22(31)33-3)27-37(32,36-13-7-5-4-6-8-13)34-9-14-17(29)18(30)21(35-14)28-11-26-16-19(23)24-10-25-20(16)28/h4-8,10-12,14-15,17-18,21,29-30H,9H2,1-3H3,(H,27,32)(H2,23,24,25)/t14-,15+,17-,18+,21-,37?/m1/s1. The van der Waals surface area contributed by atoms with E-state index in [0.717, 1.165) is 0 Å². The van der Waals surface area contributed by atoms with Crippen molar-refractivity contribution in [1.29, 1.82) is 0 Å². The van der Waals surface area contributed by atoms with Crippen molar-refractivity contribution in [3.05, 3.63) is 43.0 Å². The summed E-state index contributed by atoms with van der Waals surface area (Å²) in [4.78, 5) is 24.4. The highest BCUT2D eigenvalue weighted by Crippen LogP contribution is 2.46. The SMILES string of the molecule is COC(=O)[C@@H](NP(=O)(OC[C@H]1O[C@@H](n2cnc3c(N)ncnc32)[C@@H](O)[C@@H]1O)Oc1ccccc1)C(C)C. The molecule has 15 heteroatoms. The molecular formula is C22H29N6O8P. The molecule has 4 rings (SSSR count). The van der Waals surface area contributed by atoms with E-state index < -0.39 is 50.9 Å². The highest BCUT2D eigenvalue weighted by Gasteiger charge is 2.46. The van der Waals surface area contributed by atoms with Crippen LogP contribution in [0.5, 0.6) is 5.75 Å². The van der Waals surface area contributed by atoms with Gasteiger partial charge in [0.2, 0.25) is 0 Å². The van der Waals surface area contributed by atoms with Crippen LogP contribution in [0.25, 0.3) is 11.2 Å². The van der Waals surface area contributed by atoms with Crippen molar-refractivity contribution < 1.29 is 38.1 Å². The average Bonchev–Trinajstić information content (AvgIpc) is 3.43. The number of anilines is 1. The van der Waals surface area contributed by atoms with Gasteiger partial charge in [-0.1, -0.05) is 32.0 Å². The van der Waals surface area contributed by atoms with Crippen molar-refractivity contribution in [2.45, 2.75) is 44.4 Å². The maximum absolute atomic E-state index is 13.8. The largest absolute Gasteiger partial charge is 0.468 e. The molecule has 5 N–H and O–H groups in total. The molecule has 0 bridgehead atoms. The van der Waals surface area contributed by atoms with Crippen LogP contribution in [0, 0.1) is 5.92 Å². The zero-order chi connectivity index (χ0) is 26.7. The van der Waals surface area contributed by atoms with E-state index in [4.69, 9.17) is 24.3 Å². The molecule has 1 fully saturated rings. The van der Waals surface area contributed by atoms with Gasteiger partial charge in [-0.05, 0) is 18.1 Å². The van der Waals surface area contributed by atoms with Crippen LogP contribution < -0.4 is 15.3 Å². The van der Waals surface area contributed by atoms with Crippen LogP contribution in [-0.2, 0) is 23.4 Å². The Hall–Kier alpha value is -3.13. The van der Waals surface area contributed by atoms with E-state index in [9.17, 15) is 19.6 Å². The minimum Gasteiger partial charge on any atom is -0.468 e. The predicted octanol–water partition coefficient (Wildman–Crippen LogP) is 1.02. The van der Waals surface area contributed by atoms with Crippen molar-refractivity contribution in [3.63, 3.8) is 0 Å². The van der Waals surface area contributed by atoms with E-state index in [1.807, 2.05) is 0 Å². The molecule has 1 aliphatic heterocycles. The number of ether oxygens (including phenoxy) is 2. The number of nitrogens with two attached hydrogens (primary N) is 1. The van der Waals surface area contributed by atoms with Gasteiger partial charge < -0.3 is 29.9 Å². The third-order valence-electron chi connectivity index (χ3n) is 5.79. The van der Waals surface area contributed by atoms with Crippen molar-refractivity contribution >= 4 is 30.7 Å². The average molecular weight is 536 g/mol. The van der Waals surface area contributed by atoms with Crippen LogP contribution in [0.15, 0.2) is 43.0 Å². The number of methoxy groups -OCH3 is 1. The summed E-state index contributed by atoms with van der Waals surface area (Å²) in [7, 11) is -3.01. The molecule has 37 heavy (non-hydrogen) atoms. The number of aromatic nitrogens is 4. The predicted molar refractivity (Wildman–Crippen MR) is 130 cm³/mol. The first-order chi connectivity index (χ1) is 17.6. The molecule has 0 radical (unpaired) electrons. The number of imidazole rings is 1. The van der Waals surface area contributed by atoms with Gasteiger partial charge >= 0.3 is 13.7 Å². The smallest absolute Gasteiger partial charge is 0.459 e. The van der Waals surface area contributed by atoms with Gasteiger partial charge in [0.05, 0.1) is 20.0 Å². The van der Waals surface area contributed by atoms with E-state index in [1.54, 1.807) is 44.2 Å². The molecule has 1 aromatic carbocycles. The summed E-state index contributed by atoms with van der Waals surface area (Å²) in [5.41, 5.74) is 6.42. The Morgan fingerprint density at radius 1 is 1.22 bits per heavy atom. The fourth-order valence-corrected chi connectivity index (χ4v) is 5.47. The summed E-state index contributed by atoms with van der Waals surface area (Å²) in [6.07, 6.45) is -2.45. The fourth-order valence-electron chi connectivity index (χ4n) is 3.81. The van der Waals surface area contributed by atoms with Gasteiger partial charge in [0.25, 0.3) is 0 Å². The van der Waals surface area contributed by atoms with E-state index in [1.165, 1.54) is 24.3 Å². The molecule has 0 spiro atoms. The summed E-state index contributed by atoms with van der Waals surface area (Å²) in [5.74, 6) is -0.616. The quantitative estimate of drug-likeness (QED) is 0.212. The molecule has 200 valence electrons. The normalized spacial score (nSPS) is 24.2. The third-order valence-corrected chi connectivity index (χ3v) is 7.33. The Morgan fingerprint density at radius 2 is 1.95 bits per heavy atom. The Labute approximate surface area is 212 Å². The van der Waals surface area contributed by atoms with Crippen LogP contribution in [-0.4, -0.2) is 73.8 Å². The third kappa shape index (κ3) is 5.74. The number of fused-ring (bicyclic) bond motifs is 1. The van der Waals surface area contributed by atoms with Crippen molar-refractivity contribution in [2.75, 3.05) is 19.5 Å². The highest BCUT2D eigenvalue weighted by molar-refractivity contribution is 7.52. The Morgan fingerprint density at radius 3 is 2.62 bits per heavy atom. The van der Waals surface area contributed by atoms with E-state index in [-0.39, 0.29) is 17.5 Å². The monoisotopic (exact) mass is 536 g/mol. The van der Waals surface area contributed by atoms with Gasteiger partial charge in [0, 0.05) is 0 Å². The lowest BCUT2D eigenvalue weighted by Gasteiger charge is -2.27. The molecular weight excluding hydrogens is 507 g/mol. The van der Waals surface area contributed by atoms with Crippen molar-refractivity contribution in [1.82, 2.24) is 24.6 Å². The first-order valence-electron chi connectivity index (χ1n) is 11.4. The zero-order valence-electron chi connectivity index (χ0n) is 20.4. The Bertz CT molecular complexity index is 1270. The summed E-state index contributed by atoms with van der Waals surface area (Å²) in [6, 6.07) is 7.22. The molecule has 1 aliphatic rings. The number of hydrogen-bond donors (Lipinski definition) is 4. The molecule has 0 amide bonds. The number of nitrogens with one attached hydrogen (secondary N) is 1. The van der Waals surface area contributed by atoms with E-state index in [0.29, 0.717) is 11.2 Å². The van der Waals surface area contributed by atoms with Crippen LogP contribution in [0.1, 0.15) is 20.1 Å². The van der Waals surface area contributed by atoms with Crippen LogP contribution in [0.4, 0.5) is 5.82 Å². The first kappa shape index (κ1) is 26.9. The molecule has 3 heterocycles. The van der Waals surface area contributed by atoms with Crippen LogP contribution >= 0.6 is 7.75 Å². The van der Waals surface area contributed by atoms with E-state index in [2.05, 4.69) is 20.0 Å². The summed E-state index contributed by atoms with van der Waals surface area (Å²) in [6.45, 7) is 3.01. The van der Waals surface area contributed by atoms with E-state index >= 15 is 0 Å². The second-order valence-electron chi connectivity index (χ2n) is 8.70. The maximum Gasteiger partial charge on any atom is 0.459 e. The fraction of sp³-hybridized carbons (Fsp3) is 0.455. The lowest BCUT2D eigenvalue weighted by Crippen LogP contribution is -2.42. The van der Waals surface area contributed by atoms with Gasteiger partial charge in [-0.15, -0.1) is 0 Å². The second kappa shape index (κ2) is 11.1. The molecule has 1 saturated heterocycles. The lowest BCUT2D eigenvalue weighted by atomic mass is 10.1. The van der Waals surface area contributed by atoms with Gasteiger partial charge in [-0.3, -0.25) is 13.9 Å². The Balaban J connectivity index is 1.54. The summed E-state index contributed by atoms with van der Waals surface area (Å²) >= 11 is 0. The molecule has 6 atom stereocenters. The van der Waals surface area contributed by atoms with Gasteiger partial charge in [-0.25, -0.2) is 19.5 Å². The number of aliphatic hydroxyl groups is 2. The maximum atomic E-state index is 13.8. The molecule has 3 aromatic rings. The molecule has 2 aromatic heterocycles. The van der Waals surface area contributed by atoms with Gasteiger partial charge in [-0.2, -0.15) is 5.09 Å². The Kier molecular flexibility index (Phi) is 8.07. The first-order valence-corrected chi connectivity index (χ1v) is 13.0. The lowest BCUT2D eigenvalue weighted by molar-refractivity contribution is -0.143.